The monoisotopic (exact) mass is 446 g/mol. The van der Waals surface area contributed by atoms with Crippen molar-refractivity contribution in [3.05, 3.63) is 29.0 Å². The van der Waals surface area contributed by atoms with Gasteiger partial charge in [-0.3, -0.25) is 9.89 Å². The molecule has 0 bridgehead atoms. The summed E-state index contributed by atoms with van der Waals surface area (Å²) in [7, 11) is 0. The average Bonchev–Trinajstić information content (AvgIpc) is 3.43. The van der Waals surface area contributed by atoms with E-state index < -0.39 is 0 Å². The molecule has 9 nitrogen and oxygen atoms in total. The second kappa shape index (κ2) is 9.13. The molecule has 166 valence electrons. The molecule has 2 fully saturated rings. The number of carbonyl (C=O) groups excluding carboxylic acids is 2. The van der Waals surface area contributed by atoms with Crippen molar-refractivity contribution in [1.29, 1.82) is 0 Å². The maximum atomic E-state index is 11.9. The number of anilines is 3. The molecule has 2 aromatic heterocycles. The van der Waals surface area contributed by atoms with E-state index in [-0.39, 0.29) is 35.2 Å². The molecule has 1 aliphatic heterocycles. The van der Waals surface area contributed by atoms with Gasteiger partial charge in [-0.05, 0) is 51.7 Å². The molecule has 10 heteroatoms. The molecule has 4 rings (SSSR count). The van der Waals surface area contributed by atoms with E-state index in [1.165, 1.54) is 0 Å². The first kappa shape index (κ1) is 21.4. The quantitative estimate of drug-likeness (QED) is 0.576. The Morgan fingerprint density at radius 3 is 2.87 bits per heavy atom. The summed E-state index contributed by atoms with van der Waals surface area (Å²) in [4.78, 5) is 29.8. The van der Waals surface area contributed by atoms with E-state index in [9.17, 15) is 9.59 Å². The van der Waals surface area contributed by atoms with E-state index in [4.69, 9.17) is 16.3 Å². The maximum absolute atomic E-state index is 11.9. The van der Waals surface area contributed by atoms with Gasteiger partial charge in [0.15, 0.2) is 11.0 Å². The van der Waals surface area contributed by atoms with E-state index in [1.807, 2.05) is 19.9 Å². The van der Waals surface area contributed by atoms with Crippen LogP contribution >= 0.6 is 11.6 Å². The zero-order valence-corrected chi connectivity index (χ0v) is 18.4. The van der Waals surface area contributed by atoms with Gasteiger partial charge >= 0.3 is 6.09 Å². The first-order valence-electron chi connectivity index (χ1n) is 10.7. The summed E-state index contributed by atoms with van der Waals surface area (Å²) >= 11 is 6.32. The molecule has 0 unspecified atom stereocenters. The van der Waals surface area contributed by atoms with Crippen molar-refractivity contribution in [1.82, 2.24) is 20.5 Å². The number of hydrogen-bond donors (Lipinski definition) is 3. The third-order valence-corrected chi connectivity index (χ3v) is 5.83. The van der Waals surface area contributed by atoms with Crippen LogP contribution in [0.15, 0.2) is 18.2 Å². The topological polar surface area (TPSA) is 112 Å². The maximum Gasteiger partial charge on any atom is 0.407 e. The number of ether oxygens (including phenoxy) is 1. The number of amides is 2. The van der Waals surface area contributed by atoms with Gasteiger partial charge in [0.05, 0.1) is 5.69 Å². The minimum atomic E-state index is -0.366. The predicted molar refractivity (Wildman–Crippen MR) is 118 cm³/mol. The lowest BCUT2D eigenvalue weighted by Gasteiger charge is -2.17. The van der Waals surface area contributed by atoms with Crippen molar-refractivity contribution in [2.45, 2.75) is 64.0 Å². The van der Waals surface area contributed by atoms with Crippen LogP contribution in [0.25, 0.3) is 0 Å². The summed E-state index contributed by atoms with van der Waals surface area (Å²) in [6.45, 7) is 4.47. The molecule has 0 radical (unpaired) electrons. The zero-order chi connectivity index (χ0) is 22.0. The van der Waals surface area contributed by atoms with Gasteiger partial charge in [-0.25, -0.2) is 9.78 Å². The van der Waals surface area contributed by atoms with Crippen LogP contribution in [0.2, 0.25) is 5.15 Å². The van der Waals surface area contributed by atoms with Gasteiger partial charge in [0.2, 0.25) is 5.91 Å². The number of H-pyrrole nitrogens is 1. The van der Waals surface area contributed by atoms with E-state index in [1.54, 1.807) is 17.0 Å². The van der Waals surface area contributed by atoms with Crippen LogP contribution in [0.4, 0.5) is 22.1 Å². The molecule has 1 saturated carbocycles. The molecule has 31 heavy (non-hydrogen) atoms. The fourth-order valence-electron chi connectivity index (χ4n) is 4.09. The second-order valence-electron chi connectivity index (χ2n) is 8.33. The summed E-state index contributed by atoms with van der Waals surface area (Å²) < 4.78 is 5.50. The molecule has 0 spiro atoms. The van der Waals surface area contributed by atoms with E-state index in [2.05, 4.69) is 25.8 Å². The van der Waals surface area contributed by atoms with Gasteiger partial charge in [-0.2, -0.15) is 5.10 Å². The van der Waals surface area contributed by atoms with Crippen molar-refractivity contribution < 1.29 is 14.3 Å². The molecule has 2 aromatic rings. The summed E-state index contributed by atoms with van der Waals surface area (Å²) in [5, 5.41) is 13.6. The van der Waals surface area contributed by atoms with Crippen LogP contribution < -0.4 is 15.5 Å². The van der Waals surface area contributed by atoms with Crippen molar-refractivity contribution in [3.63, 3.8) is 0 Å². The smallest absolute Gasteiger partial charge is 0.407 e. The second-order valence-corrected chi connectivity index (χ2v) is 8.68. The molecular formula is C21H27ClN6O3. The van der Waals surface area contributed by atoms with Crippen LogP contribution in [0.3, 0.4) is 0 Å². The number of alkyl carbamates (subject to hydrolysis) is 1. The third-order valence-electron chi connectivity index (χ3n) is 5.55. The minimum absolute atomic E-state index is 0.0537. The van der Waals surface area contributed by atoms with Gasteiger partial charge in [0.1, 0.15) is 11.9 Å². The summed E-state index contributed by atoms with van der Waals surface area (Å²) in [6.07, 6.45) is 3.42. The number of aromatic nitrogens is 3. The van der Waals surface area contributed by atoms with Crippen LogP contribution in [-0.2, 0) is 9.53 Å². The number of nitrogens with zero attached hydrogens (tertiary/aromatic N) is 3. The molecule has 1 saturated heterocycles. The number of rotatable bonds is 6. The highest BCUT2D eigenvalue weighted by Crippen LogP contribution is 2.36. The zero-order valence-electron chi connectivity index (χ0n) is 17.7. The fraction of sp³-hybridized carbons (Fsp3) is 0.524. The summed E-state index contributed by atoms with van der Waals surface area (Å²) in [5.74, 6) is 1.50. The number of halogens is 1. The standard InChI is InChI=1S/C21H27ClN6O3/c1-12(2)23-21(30)31-14-6-5-13(10-14)15-11-18(27-26-15)24-17-8-7-16(20(22)25-17)28-9-3-4-19(28)29/h7-8,11-14H,3-6,9-10H2,1-2H3,(H,23,30)(H2,24,25,26,27)/t13-,14+/m1/s1. The molecule has 3 heterocycles. The van der Waals surface area contributed by atoms with Crippen molar-refractivity contribution in [2.75, 3.05) is 16.8 Å². The molecule has 2 atom stereocenters. The molecule has 2 aliphatic rings. The Bertz CT molecular complexity index is 962. The van der Waals surface area contributed by atoms with Gasteiger partial charge < -0.3 is 20.3 Å². The highest BCUT2D eigenvalue weighted by atomic mass is 35.5. The molecule has 3 N–H and O–H groups in total. The minimum Gasteiger partial charge on any atom is -0.446 e. The van der Waals surface area contributed by atoms with Crippen LogP contribution in [0.5, 0.6) is 0 Å². The predicted octanol–water partition coefficient (Wildman–Crippen LogP) is 4.10. The Kier molecular flexibility index (Phi) is 6.31. The molecule has 1 aliphatic carbocycles. The molecule has 2 amide bonds. The normalized spacial score (nSPS) is 21.0. The van der Waals surface area contributed by atoms with Gasteiger partial charge in [-0.15, -0.1) is 0 Å². The average molecular weight is 447 g/mol. The fourth-order valence-corrected chi connectivity index (χ4v) is 4.35. The Balaban J connectivity index is 1.35. The number of carbonyl (C=O) groups is 2. The Morgan fingerprint density at radius 2 is 2.16 bits per heavy atom. The first-order valence-corrected chi connectivity index (χ1v) is 11.0. The van der Waals surface area contributed by atoms with E-state index in [0.717, 1.165) is 31.4 Å². The summed E-state index contributed by atoms with van der Waals surface area (Å²) in [5.41, 5.74) is 1.62. The Labute approximate surface area is 185 Å². The number of hydrogen-bond acceptors (Lipinski definition) is 6. The largest absolute Gasteiger partial charge is 0.446 e. The van der Waals surface area contributed by atoms with Gasteiger partial charge in [-0.1, -0.05) is 11.6 Å². The van der Waals surface area contributed by atoms with Crippen molar-refractivity contribution in [2.24, 2.45) is 0 Å². The lowest BCUT2D eigenvalue weighted by Crippen LogP contribution is -2.33. The van der Waals surface area contributed by atoms with Crippen LogP contribution in [0.1, 0.15) is 57.6 Å². The van der Waals surface area contributed by atoms with E-state index >= 15 is 0 Å². The molecule has 0 aromatic carbocycles. The summed E-state index contributed by atoms with van der Waals surface area (Å²) in [6, 6.07) is 5.58. The first-order chi connectivity index (χ1) is 14.9. The van der Waals surface area contributed by atoms with Crippen molar-refractivity contribution >= 4 is 40.9 Å². The lowest BCUT2D eigenvalue weighted by molar-refractivity contribution is -0.117. The van der Waals surface area contributed by atoms with Gasteiger partial charge in [0, 0.05) is 36.7 Å². The van der Waals surface area contributed by atoms with Crippen LogP contribution in [0, 0.1) is 0 Å². The number of nitrogens with one attached hydrogen (secondary N) is 3. The Hall–Kier alpha value is -2.81. The Morgan fingerprint density at radius 1 is 1.32 bits per heavy atom. The highest BCUT2D eigenvalue weighted by molar-refractivity contribution is 6.32. The van der Waals surface area contributed by atoms with Crippen LogP contribution in [-0.4, -0.2) is 45.9 Å². The van der Waals surface area contributed by atoms with Gasteiger partial charge in [0.25, 0.3) is 0 Å². The lowest BCUT2D eigenvalue weighted by atomic mass is 10.0. The molecular weight excluding hydrogens is 420 g/mol. The van der Waals surface area contributed by atoms with Crippen molar-refractivity contribution in [3.8, 4) is 0 Å². The SMILES string of the molecule is CC(C)NC(=O)O[C@H]1CC[C@@H](c2cc(Nc3ccc(N4CCCC4=O)c(Cl)n3)n[nH]2)C1. The number of pyridine rings is 1. The number of aromatic amines is 1. The highest BCUT2D eigenvalue weighted by Gasteiger charge is 2.30. The van der Waals surface area contributed by atoms with E-state index in [0.29, 0.717) is 30.3 Å². The third kappa shape index (κ3) is 5.10.